The van der Waals surface area contributed by atoms with Crippen molar-refractivity contribution in [3.05, 3.63) is 23.8 Å². The average molecular weight is 408 g/mol. The molecular formula is C22H32O7. The maximum absolute atomic E-state index is 10.3. The van der Waals surface area contributed by atoms with Gasteiger partial charge in [-0.2, -0.15) is 0 Å². The van der Waals surface area contributed by atoms with Gasteiger partial charge in [-0.3, -0.25) is 0 Å². The van der Waals surface area contributed by atoms with E-state index in [2.05, 4.69) is 26.8 Å². The molecule has 2 aliphatic heterocycles. The minimum absolute atomic E-state index is 0.0620. The second kappa shape index (κ2) is 7.39. The number of fused-ring (bicyclic) bond motifs is 3. The summed E-state index contributed by atoms with van der Waals surface area (Å²) in [6.07, 6.45) is -3.13. The van der Waals surface area contributed by atoms with Crippen LogP contribution in [0.4, 0.5) is 0 Å². The van der Waals surface area contributed by atoms with Crippen LogP contribution < -0.4 is 9.47 Å². The molecule has 29 heavy (non-hydrogen) atoms. The number of methoxy groups -OCH3 is 1. The molecule has 1 aliphatic carbocycles. The maximum Gasteiger partial charge on any atom is 0.186 e. The number of benzene rings is 1. The van der Waals surface area contributed by atoms with E-state index in [0.717, 1.165) is 29.9 Å². The van der Waals surface area contributed by atoms with E-state index < -0.39 is 24.6 Å². The van der Waals surface area contributed by atoms with Gasteiger partial charge in [0.2, 0.25) is 0 Å². The molecule has 1 aromatic rings. The van der Waals surface area contributed by atoms with E-state index in [9.17, 15) is 15.3 Å². The maximum atomic E-state index is 10.3. The largest absolute Gasteiger partial charge is 0.497 e. The van der Waals surface area contributed by atoms with E-state index in [0.29, 0.717) is 6.61 Å². The van der Waals surface area contributed by atoms with Gasteiger partial charge in [0, 0.05) is 16.9 Å². The van der Waals surface area contributed by atoms with Crippen molar-refractivity contribution >= 4 is 0 Å². The molecule has 7 atom stereocenters. The first-order chi connectivity index (χ1) is 13.7. The highest BCUT2D eigenvalue weighted by Gasteiger charge is 2.56. The lowest BCUT2D eigenvalue weighted by molar-refractivity contribution is -0.300. The molecule has 0 bridgehead atoms. The Morgan fingerprint density at radius 3 is 2.55 bits per heavy atom. The van der Waals surface area contributed by atoms with Crippen LogP contribution in [0.5, 0.6) is 11.5 Å². The standard InChI is InChI=1S/C22H32O7/c1-21(2)16-11-27-15-6-5-12(26-4)9-13(15)22(16,3)8-7-17(21)29-20-19(25)18(24)14(23)10-28-20/h5-6,9,14,16-20,23-25H,7-8,10-11H2,1-4H3/t14-,16-,17+,18+,19-,20+,22-/m1/s1. The van der Waals surface area contributed by atoms with Crippen molar-refractivity contribution in [2.24, 2.45) is 11.3 Å². The average Bonchev–Trinajstić information content (AvgIpc) is 2.70. The minimum atomic E-state index is -1.28. The topological polar surface area (TPSA) is 97.6 Å². The first kappa shape index (κ1) is 20.9. The third-order valence-corrected chi connectivity index (χ3v) is 7.38. The highest BCUT2D eigenvalue weighted by atomic mass is 16.7. The summed E-state index contributed by atoms with van der Waals surface area (Å²) in [6, 6.07) is 5.97. The van der Waals surface area contributed by atoms with Gasteiger partial charge in [-0.1, -0.05) is 20.8 Å². The monoisotopic (exact) mass is 408 g/mol. The van der Waals surface area contributed by atoms with Gasteiger partial charge in [0.15, 0.2) is 6.29 Å². The molecule has 3 N–H and O–H groups in total. The Bertz CT molecular complexity index is 751. The highest BCUT2D eigenvalue weighted by Crippen LogP contribution is 2.57. The number of hydrogen-bond acceptors (Lipinski definition) is 7. The van der Waals surface area contributed by atoms with Crippen LogP contribution in [0.2, 0.25) is 0 Å². The fourth-order valence-corrected chi connectivity index (χ4v) is 5.43. The summed E-state index contributed by atoms with van der Waals surface area (Å²) in [4.78, 5) is 0. The van der Waals surface area contributed by atoms with Gasteiger partial charge < -0.3 is 34.3 Å². The molecule has 0 aromatic heterocycles. The molecule has 1 aromatic carbocycles. The Labute approximate surface area is 171 Å². The Morgan fingerprint density at radius 2 is 1.83 bits per heavy atom. The first-order valence-electron chi connectivity index (χ1n) is 10.3. The Kier molecular flexibility index (Phi) is 5.32. The summed E-state index contributed by atoms with van der Waals surface area (Å²) < 4.78 is 23.2. The van der Waals surface area contributed by atoms with Gasteiger partial charge >= 0.3 is 0 Å². The summed E-state index contributed by atoms with van der Waals surface area (Å²) in [6.45, 7) is 7.12. The number of aliphatic hydroxyl groups excluding tert-OH is 3. The molecule has 0 spiro atoms. The van der Waals surface area contributed by atoms with Crippen molar-refractivity contribution in [3.63, 3.8) is 0 Å². The van der Waals surface area contributed by atoms with Crippen molar-refractivity contribution in [1.29, 1.82) is 0 Å². The molecule has 4 rings (SSSR count). The van der Waals surface area contributed by atoms with Crippen LogP contribution in [0.25, 0.3) is 0 Å². The van der Waals surface area contributed by atoms with Crippen molar-refractivity contribution < 1.29 is 34.3 Å². The van der Waals surface area contributed by atoms with Crippen LogP contribution in [0.1, 0.15) is 39.2 Å². The third-order valence-electron chi connectivity index (χ3n) is 7.38. The second-order valence-electron chi connectivity index (χ2n) is 9.38. The molecule has 1 saturated carbocycles. The zero-order chi connectivity index (χ0) is 21.0. The zero-order valence-electron chi connectivity index (χ0n) is 17.5. The lowest BCUT2D eigenvalue weighted by atomic mass is 9.52. The fraction of sp³-hybridized carbons (Fsp3) is 0.727. The molecule has 1 saturated heterocycles. The third kappa shape index (κ3) is 3.33. The van der Waals surface area contributed by atoms with E-state index in [1.54, 1.807) is 7.11 Å². The Hall–Kier alpha value is -1.38. The smallest absolute Gasteiger partial charge is 0.186 e. The minimum Gasteiger partial charge on any atom is -0.497 e. The van der Waals surface area contributed by atoms with Crippen molar-refractivity contribution in [3.8, 4) is 11.5 Å². The molecular weight excluding hydrogens is 376 g/mol. The van der Waals surface area contributed by atoms with E-state index >= 15 is 0 Å². The summed E-state index contributed by atoms with van der Waals surface area (Å²) in [5.74, 6) is 1.91. The number of hydrogen-bond donors (Lipinski definition) is 3. The van der Waals surface area contributed by atoms with Crippen molar-refractivity contribution in [2.45, 2.75) is 69.7 Å². The van der Waals surface area contributed by atoms with Gasteiger partial charge in [0.1, 0.15) is 29.8 Å². The van der Waals surface area contributed by atoms with E-state index in [4.69, 9.17) is 18.9 Å². The molecule has 2 heterocycles. The zero-order valence-corrected chi connectivity index (χ0v) is 17.5. The van der Waals surface area contributed by atoms with Crippen LogP contribution in [-0.4, -0.2) is 66.3 Å². The highest BCUT2D eigenvalue weighted by molar-refractivity contribution is 5.47. The Morgan fingerprint density at radius 1 is 1.07 bits per heavy atom. The van der Waals surface area contributed by atoms with E-state index in [-0.39, 0.29) is 29.5 Å². The van der Waals surface area contributed by atoms with Gasteiger partial charge in [-0.05, 0) is 36.5 Å². The number of rotatable bonds is 3. The molecule has 0 unspecified atom stereocenters. The molecule has 0 amide bonds. The van der Waals surface area contributed by atoms with Gasteiger partial charge in [-0.25, -0.2) is 0 Å². The SMILES string of the molecule is COc1ccc2c(c1)[C@@]1(C)CC[C@H](O[C@@H]3OC[C@@H](O)[C@H](O)[C@H]3O)C(C)(C)[C@H]1CO2. The fourth-order valence-electron chi connectivity index (χ4n) is 5.43. The van der Waals surface area contributed by atoms with Crippen LogP contribution in [0.15, 0.2) is 18.2 Å². The lowest BCUT2D eigenvalue weighted by Gasteiger charge is -2.57. The quantitative estimate of drug-likeness (QED) is 0.699. The molecule has 7 heteroatoms. The predicted molar refractivity (Wildman–Crippen MR) is 105 cm³/mol. The van der Waals surface area contributed by atoms with Gasteiger partial charge in [0.05, 0.1) is 26.4 Å². The van der Waals surface area contributed by atoms with Crippen LogP contribution in [-0.2, 0) is 14.9 Å². The molecule has 2 fully saturated rings. The summed E-state index contributed by atoms with van der Waals surface area (Å²) >= 11 is 0. The van der Waals surface area contributed by atoms with Crippen LogP contribution in [0, 0.1) is 11.3 Å². The first-order valence-corrected chi connectivity index (χ1v) is 10.3. The number of aliphatic hydroxyl groups is 3. The number of ether oxygens (including phenoxy) is 4. The summed E-state index contributed by atoms with van der Waals surface area (Å²) in [7, 11) is 1.67. The van der Waals surface area contributed by atoms with Crippen molar-refractivity contribution in [2.75, 3.05) is 20.3 Å². The summed E-state index contributed by atoms with van der Waals surface area (Å²) in [5, 5.41) is 29.9. The van der Waals surface area contributed by atoms with Gasteiger partial charge in [0.25, 0.3) is 0 Å². The van der Waals surface area contributed by atoms with Gasteiger partial charge in [-0.15, -0.1) is 0 Å². The molecule has 7 nitrogen and oxygen atoms in total. The predicted octanol–water partition coefficient (Wildman–Crippen LogP) is 1.61. The second-order valence-corrected chi connectivity index (χ2v) is 9.38. The van der Waals surface area contributed by atoms with E-state index in [1.807, 2.05) is 12.1 Å². The molecule has 0 radical (unpaired) electrons. The Balaban J connectivity index is 1.58. The normalized spacial score (nSPS) is 41.1. The molecule has 162 valence electrons. The van der Waals surface area contributed by atoms with Crippen LogP contribution >= 0.6 is 0 Å². The van der Waals surface area contributed by atoms with E-state index in [1.165, 1.54) is 0 Å². The molecule has 3 aliphatic rings. The van der Waals surface area contributed by atoms with Crippen molar-refractivity contribution in [1.82, 2.24) is 0 Å². The summed E-state index contributed by atoms with van der Waals surface area (Å²) in [5.41, 5.74) is 0.803. The lowest BCUT2D eigenvalue weighted by Crippen LogP contribution is -2.60. The van der Waals surface area contributed by atoms with Crippen LogP contribution in [0.3, 0.4) is 0 Å².